The first kappa shape index (κ1) is 20.3. The summed E-state index contributed by atoms with van der Waals surface area (Å²) in [5.41, 5.74) is -2.68. The second kappa shape index (κ2) is 6.88. The van der Waals surface area contributed by atoms with Crippen molar-refractivity contribution in [2.24, 2.45) is 16.7 Å². The van der Waals surface area contributed by atoms with E-state index in [1.807, 2.05) is 19.1 Å². The predicted molar refractivity (Wildman–Crippen MR) is 102 cm³/mol. The average Bonchev–Trinajstić information content (AvgIpc) is 2.85. The molecule has 4 unspecified atom stereocenters. The number of fused-ring (bicyclic) bond motifs is 2. The average molecular weight is 391 g/mol. The van der Waals surface area contributed by atoms with Crippen LogP contribution < -0.4 is 5.32 Å². The smallest absolute Gasteiger partial charge is 0.221 e. The van der Waals surface area contributed by atoms with Crippen LogP contribution in [0.4, 0.5) is 5.69 Å². The maximum atomic E-state index is 11.2. The van der Waals surface area contributed by atoms with Crippen LogP contribution in [0, 0.1) is 56.2 Å². The van der Waals surface area contributed by atoms with Crippen molar-refractivity contribution in [3.8, 4) is 18.2 Å². The minimum atomic E-state index is -1.97. The predicted octanol–water partition coefficient (Wildman–Crippen LogP) is 3.40. The molecule has 1 aromatic carbocycles. The van der Waals surface area contributed by atoms with Crippen LogP contribution in [-0.4, -0.2) is 17.6 Å². The van der Waals surface area contributed by atoms with Gasteiger partial charge in [-0.25, -0.2) is 0 Å². The van der Waals surface area contributed by atoms with E-state index in [0.717, 1.165) is 0 Å². The zero-order valence-electron chi connectivity index (χ0n) is 16.4. The summed E-state index contributed by atoms with van der Waals surface area (Å²) in [7, 11) is 0. The lowest BCUT2D eigenvalue weighted by Gasteiger charge is -2.48. The summed E-state index contributed by atoms with van der Waals surface area (Å²) in [5, 5.41) is 41.5. The third-order valence-electron chi connectivity index (χ3n) is 5.83. The van der Waals surface area contributed by atoms with Gasteiger partial charge in [0.05, 0.1) is 24.1 Å². The van der Waals surface area contributed by atoms with Gasteiger partial charge in [-0.1, -0.05) is 25.5 Å². The first-order chi connectivity index (χ1) is 13.7. The third-order valence-corrected chi connectivity index (χ3v) is 5.83. The van der Waals surface area contributed by atoms with Crippen molar-refractivity contribution in [1.82, 2.24) is 0 Å². The molecule has 2 bridgehead atoms. The molecule has 4 atom stereocenters. The number of rotatable bonds is 4. The van der Waals surface area contributed by atoms with Gasteiger partial charge in [-0.2, -0.15) is 15.8 Å². The van der Waals surface area contributed by atoms with Crippen molar-refractivity contribution < 1.29 is 14.3 Å². The van der Waals surface area contributed by atoms with Crippen LogP contribution in [0.5, 0.6) is 0 Å². The second-order valence-corrected chi connectivity index (χ2v) is 7.54. The van der Waals surface area contributed by atoms with E-state index in [4.69, 9.17) is 14.9 Å². The normalized spacial score (nSPS) is 31.7. The summed E-state index contributed by atoms with van der Waals surface area (Å²) >= 11 is 0. The molecule has 2 N–H and O–H groups in total. The molecule has 3 rings (SSSR count). The van der Waals surface area contributed by atoms with Crippen LogP contribution in [0.25, 0.3) is 0 Å². The summed E-state index contributed by atoms with van der Waals surface area (Å²) in [6.07, 6.45) is 0.0304. The molecule has 2 heterocycles. The van der Waals surface area contributed by atoms with Crippen LogP contribution in [0.1, 0.15) is 45.3 Å². The van der Waals surface area contributed by atoms with Crippen LogP contribution >= 0.6 is 0 Å². The van der Waals surface area contributed by atoms with Gasteiger partial charge in [-0.3, -0.25) is 10.2 Å². The van der Waals surface area contributed by atoms with Gasteiger partial charge in [-0.05, 0) is 24.1 Å². The number of ether oxygens (including phenoxy) is 2. The number of nitrogens with zero attached hydrogens (tertiary/aromatic N) is 3. The Labute approximate surface area is 169 Å². The molecule has 0 spiro atoms. The Morgan fingerprint density at radius 2 is 1.83 bits per heavy atom. The molecule has 0 aromatic heterocycles. The van der Waals surface area contributed by atoms with E-state index in [9.17, 15) is 20.6 Å². The second-order valence-electron chi connectivity index (χ2n) is 7.54. The lowest BCUT2D eigenvalue weighted by molar-refractivity contribution is -0.273. The minimum absolute atomic E-state index is 0.228. The fourth-order valence-electron chi connectivity index (χ4n) is 4.56. The third kappa shape index (κ3) is 2.59. The number of nitrogens with one attached hydrogen (secondary N) is 2. The zero-order valence-corrected chi connectivity index (χ0v) is 16.4. The van der Waals surface area contributed by atoms with Crippen molar-refractivity contribution >= 4 is 17.5 Å². The molecule has 148 valence electrons. The number of amides is 1. The first-order valence-electron chi connectivity index (χ1n) is 9.31. The summed E-state index contributed by atoms with van der Waals surface area (Å²) < 4.78 is 11.9. The maximum Gasteiger partial charge on any atom is 0.221 e. The van der Waals surface area contributed by atoms with E-state index >= 15 is 0 Å². The first-order valence-corrected chi connectivity index (χ1v) is 9.31. The van der Waals surface area contributed by atoms with Gasteiger partial charge in [-0.15, -0.1) is 0 Å². The van der Waals surface area contributed by atoms with E-state index in [1.54, 1.807) is 31.2 Å². The van der Waals surface area contributed by atoms with Gasteiger partial charge in [0.15, 0.2) is 5.41 Å². The van der Waals surface area contributed by atoms with E-state index < -0.39 is 34.5 Å². The monoisotopic (exact) mass is 391 g/mol. The summed E-state index contributed by atoms with van der Waals surface area (Å²) in [6, 6.07) is 12.7. The highest BCUT2D eigenvalue weighted by atomic mass is 16.7. The fraction of sp³-hybridized carbons (Fsp3) is 0.476. The highest BCUT2D eigenvalue weighted by molar-refractivity contribution is 5.89. The number of hydrogen-bond donors (Lipinski definition) is 2. The van der Waals surface area contributed by atoms with E-state index in [-0.39, 0.29) is 5.91 Å². The highest BCUT2D eigenvalue weighted by Gasteiger charge is 2.78. The van der Waals surface area contributed by atoms with E-state index in [1.165, 1.54) is 6.92 Å². The Hall–Kier alpha value is -3.41. The van der Waals surface area contributed by atoms with Gasteiger partial charge in [0.1, 0.15) is 6.10 Å². The molecule has 1 amide bonds. The Bertz CT molecular complexity index is 970. The van der Waals surface area contributed by atoms with Gasteiger partial charge < -0.3 is 14.8 Å². The van der Waals surface area contributed by atoms with Gasteiger partial charge in [0.2, 0.25) is 23.0 Å². The minimum Gasteiger partial charge on any atom is -0.448 e. The molecular formula is C21H21N5O3. The molecule has 2 aliphatic heterocycles. The van der Waals surface area contributed by atoms with Crippen molar-refractivity contribution in [1.29, 1.82) is 21.2 Å². The van der Waals surface area contributed by atoms with Crippen molar-refractivity contribution in [3.63, 3.8) is 0 Å². The largest absolute Gasteiger partial charge is 0.448 e. The van der Waals surface area contributed by atoms with Gasteiger partial charge in [0.25, 0.3) is 0 Å². The summed E-state index contributed by atoms with van der Waals surface area (Å²) in [6.45, 7) is 4.96. The summed E-state index contributed by atoms with van der Waals surface area (Å²) in [4.78, 5) is 11.2. The molecule has 8 nitrogen and oxygen atoms in total. The van der Waals surface area contributed by atoms with Crippen molar-refractivity contribution in [3.05, 3.63) is 29.8 Å². The number of nitriles is 3. The quantitative estimate of drug-likeness (QED) is 0.805. The zero-order chi connectivity index (χ0) is 21.4. The number of hydrogen-bond acceptors (Lipinski definition) is 7. The Kier molecular flexibility index (Phi) is 4.82. The molecule has 2 aliphatic rings. The lowest BCUT2D eigenvalue weighted by atomic mass is 9.53. The van der Waals surface area contributed by atoms with Crippen LogP contribution in [0.2, 0.25) is 0 Å². The SMILES string of the molecule is CCCC1C2(C)OC(=N)C1(C#N)C(C#N)(C#N)C(c1ccc(NC(C)=O)cc1)O2. The van der Waals surface area contributed by atoms with Gasteiger partial charge >= 0.3 is 0 Å². The number of anilines is 1. The maximum absolute atomic E-state index is 11.2. The van der Waals surface area contributed by atoms with Gasteiger partial charge in [0, 0.05) is 19.5 Å². The van der Waals surface area contributed by atoms with Crippen LogP contribution in [-0.2, 0) is 14.3 Å². The number of benzene rings is 1. The van der Waals surface area contributed by atoms with Crippen molar-refractivity contribution in [2.45, 2.75) is 45.5 Å². The summed E-state index contributed by atoms with van der Waals surface area (Å²) in [5.74, 6) is -2.57. The van der Waals surface area contributed by atoms with Crippen molar-refractivity contribution in [2.75, 3.05) is 5.32 Å². The molecular weight excluding hydrogens is 370 g/mol. The van der Waals surface area contributed by atoms with Crippen LogP contribution in [0.3, 0.4) is 0 Å². The standard InChI is InChI=1S/C21H21N5O3/c1-4-5-16-19(3)28-17(14-6-8-15(9-7-14)26-13(2)27)20(10-22,11-23)21(16,12-24)18(25)29-19/h6-9,16-17,25H,4-5H2,1-3H3,(H,26,27). The topological polar surface area (TPSA) is 143 Å². The Morgan fingerprint density at radius 1 is 1.21 bits per heavy atom. The lowest BCUT2D eigenvalue weighted by Crippen LogP contribution is -2.58. The van der Waals surface area contributed by atoms with Crippen LogP contribution in [0.15, 0.2) is 24.3 Å². The number of carbonyl (C=O) groups is 1. The highest BCUT2D eigenvalue weighted by Crippen LogP contribution is 2.67. The molecule has 2 fully saturated rings. The van der Waals surface area contributed by atoms with E-state index in [2.05, 4.69) is 11.4 Å². The molecule has 29 heavy (non-hydrogen) atoms. The van der Waals surface area contributed by atoms with E-state index in [0.29, 0.717) is 24.1 Å². The molecule has 0 radical (unpaired) electrons. The number of carbonyl (C=O) groups excluding carboxylic acids is 1. The molecule has 8 heteroatoms. The Balaban J connectivity index is 2.19. The molecule has 2 saturated heterocycles. The fourth-order valence-corrected chi connectivity index (χ4v) is 4.56. The molecule has 1 aromatic rings. The Morgan fingerprint density at radius 3 is 2.31 bits per heavy atom. The molecule has 0 aliphatic carbocycles. The molecule has 0 saturated carbocycles.